The first-order valence-electron chi connectivity index (χ1n) is 8.19. The SMILES string of the molecule is Cc1nn(-c2ccc(F)cc2)c(C)c1CC(=O)N1CCC(CO)C1. The lowest BCUT2D eigenvalue weighted by Gasteiger charge is -2.16. The number of likely N-dealkylation sites (tertiary alicyclic amines) is 1. The second-order valence-corrected chi connectivity index (χ2v) is 6.39. The van der Waals surface area contributed by atoms with Gasteiger partial charge < -0.3 is 10.0 Å². The molecule has 1 aromatic heterocycles. The highest BCUT2D eigenvalue weighted by Gasteiger charge is 2.27. The molecule has 5 nitrogen and oxygen atoms in total. The third-order valence-electron chi connectivity index (χ3n) is 4.74. The number of aliphatic hydroxyl groups is 1. The first-order valence-corrected chi connectivity index (χ1v) is 8.19. The lowest BCUT2D eigenvalue weighted by molar-refractivity contribution is -0.129. The maximum Gasteiger partial charge on any atom is 0.227 e. The number of rotatable bonds is 4. The summed E-state index contributed by atoms with van der Waals surface area (Å²) in [4.78, 5) is 14.3. The zero-order chi connectivity index (χ0) is 17.3. The van der Waals surface area contributed by atoms with Gasteiger partial charge >= 0.3 is 0 Å². The zero-order valence-corrected chi connectivity index (χ0v) is 14.0. The van der Waals surface area contributed by atoms with Crippen LogP contribution in [0.1, 0.15) is 23.4 Å². The Balaban J connectivity index is 1.79. The van der Waals surface area contributed by atoms with Crippen molar-refractivity contribution < 1.29 is 14.3 Å². The normalized spacial score (nSPS) is 17.5. The first kappa shape index (κ1) is 16.6. The van der Waals surface area contributed by atoms with Crippen LogP contribution < -0.4 is 0 Å². The average molecular weight is 331 g/mol. The molecule has 1 amide bonds. The van der Waals surface area contributed by atoms with E-state index in [4.69, 9.17) is 0 Å². The Hall–Kier alpha value is -2.21. The molecule has 1 aliphatic heterocycles. The molecule has 1 aromatic carbocycles. The van der Waals surface area contributed by atoms with Gasteiger partial charge in [-0.2, -0.15) is 5.10 Å². The Kier molecular flexibility index (Phi) is 4.66. The van der Waals surface area contributed by atoms with Gasteiger partial charge in [-0.15, -0.1) is 0 Å². The van der Waals surface area contributed by atoms with Gasteiger partial charge in [0.2, 0.25) is 5.91 Å². The highest BCUT2D eigenvalue weighted by atomic mass is 19.1. The summed E-state index contributed by atoms with van der Waals surface area (Å²) in [6.45, 7) is 5.26. The summed E-state index contributed by atoms with van der Waals surface area (Å²) in [5.74, 6) is -0.0305. The molecule has 0 saturated carbocycles. The fourth-order valence-electron chi connectivity index (χ4n) is 3.24. The van der Waals surface area contributed by atoms with Crippen molar-refractivity contribution in [1.82, 2.24) is 14.7 Å². The van der Waals surface area contributed by atoms with Gasteiger partial charge in [0.25, 0.3) is 0 Å². The van der Waals surface area contributed by atoms with Crippen LogP contribution in [0, 0.1) is 25.6 Å². The number of benzene rings is 1. The van der Waals surface area contributed by atoms with Gasteiger partial charge in [-0.1, -0.05) is 0 Å². The van der Waals surface area contributed by atoms with Gasteiger partial charge in [-0.3, -0.25) is 4.79 Å². The maximum atomic E-state index is 13.1. The second-order valence-electron chi connectivity index (χ2n) is 6.39. The summed E-state index contributed by atoms with van der Waals surface area (Å²) >= 11 is 0. The van der Waals surface area contributed by atoms with Crippen molar-refractivity contribution in [2.45, 2.75) is 26.7 Å². The number of aromatic nitrogens is 2. The van der Waals surface area contributed by atoms with Crippen molar-refractivity contribution in [2.75, 3.05) is 19.7 Å². The predicted octanol–water partition coefficient (Wildman–Crippen LogP) is 2.01. The molecular weight excluding hydrogens is 309 g/mol. The summed E-state index contributed by atoms with van der Waals surface area (Å²) in [5.41, 5.74) is 3.39. The number of carbonyl (C=O) groups is 1. The van der Waals surface area contributed by atoms with Crippen LogP contribution in [-0.2, 0) is 11.2 Å². The van der Waals surface area contributed by atoms with E-state index < -0.39 is 0 Å². The lowest BCUT2D eigenvalue weighted by Crippen LogP contribution is -2.30. The molecule has 6 heteroatoms. The third-order valence-corrected chi connectivity index (χ3v) is 4.74. The van der Waals surface area contributed by atoms with E-state index in [9.17, 15) is 14.3 Å². The Morgan fingerprint density at radius 2 is 2.04 bits per heavy atom. The van der Waals surface area contributed by atoms with E-state index in [1.807, 2.05) is 18.7 Å². The molecule has 1 unspecified atom stereocenters. The Morgan fingerprint density at radius 1 is 1.33 bits per heavy atom. The number of hydrogen-bond acceptors (Lipinski definition) is 3. The number of halogens is 1. The minimum Gasteiger partial charge on any atom is -0.396 e. The second kappa shape index (κ2) is 6.73. The number of nitrogens with zero attached hydrogens (tertiary/aromatic N) is 3. The molecule has 2 heterocycles. The molecule has 1 atom stereocenters. The molecule has 3 rings (SSSR count). The molecular formula is C18H22FN3O2. The van der Waals surface area contributed by atoms with E-state index in [0.29, 0.717) is 19.5 Å². The van der Waals surface area contributed by atoms with E-state index in [-0.39, 0.29) is 24.2 Å². The van der Waals surface area contributed by atoms with Crippen molar-refractivity contribution in [1.29, 1.82) is 0 Å². The van der Waals surface area contributed by atoms with Gasteiger partial charge in [0, 0.05) is 36.9 Å². The smallest absolute Gasteiger partial charge is 0.227 e. The highest BCUT2D eigenvalue weighted by Crippen LogP contribution is 2.21. The molecule has 0 aliphatic carbocycles. The van der Waals surface area contributed by atoms with E-state index in [0.717, 1.165) is 29.1 Å². The largest absolute Gasteiger partial charge is 0.396 e. The van der Waals surface area contributed by atoms with Crippen molar-refractivity contribution in [3.05, 3.63) is 47.0 Å². The topological polar surface area (TPSA) is 58.4 Å². The molecule has 128 valence electrons. The van der Waals surface area contributed by atoms with Gasteiger partial charge in [0.1, 0.15) is 5.82 Å². The van der Waals surface area contributed by atoms with Crippen LogP contribution in [0.15, 0.2) is 24.3 Å². The van der Waals surface area contributed by atoms with E-state index >= 15 is 0 Å². The predicted molar refractivity (Wildman–Crippen MR) is 88.5 cm³/mol. The summed E-state index contributed by atoms with van der Waals surface area (Å²) in [5, 5.41) is 13.7. The molecule has 24 heavy (non-hydrogen) atoms. The van der Waals surface area contributed by atoms with Crippen molar-refractivity contribution in [3.63, 3.8) is 0 Å². The Morgan fingerprint density at radius 3 is 2.67 bits per heavy atom. The number of aryl methyl sites for hydroxylation is 1. The van der Waals surface area contributed by atoms with Gasteiger partial charge in [-0.05, 0) is 44.5 Å². The van der Waals surface area contributed by atoms with Crippen molar-refractivity contribution in [3.8, 4) is 5.69 Å². The monoisotopic (exact) mass is 331 g/mol. The molecule has 0 bridgehead atoms. The number of amides is 1. The van der Waals surface area contributed by atoms with Crippen molar-refractivity contribution in [2.24, 2.45) is 5.92 Å². The summed E-state index contributed by atoms with van der Waals surface area (Å²) in [6, 6.07) is 6.14. The molecule has 1 saturated heterocycles. The Labute approximate surface area is 140 Å². The molecule has 1 fully saturated rings. The standard InChI is InChI=1S/C18H22FN3O2/c1-12-17(9-18(24)21-8-7-14(10-21)11-23)13(2)22(20-12)16-5-3-15(19)4-6-16/h3-6,14,23H,7-11H2,1-2H3. The van der Waals surface area contributed by atoms with Crippen LogP contribution in [0.25, 0.3) is 5.69 Å². The number of hydrogen-bond donors (Lipinski definition) is 1. The average Bonchev–Trinajstić information content (AvgIpc) is 3.16. The highest BCUT2D eigenvalue weighted by molar-refractivity contribution is 5.79. The number of carbonyl (C=O) groups excluding carboxylic acids is 1. The number of aliphatic hydroxyl groups excluding tert-OH is 1. The van der Waals surface area contributed by atoms with Crippen LogP contribution >= 0.6 is 0 Å². The summed E-state index contributed by atoms with van der Waals surface area (Å²) in [7, 11) is 0. The Bertz CT molecular complexity index is 739. The van der Waals surface area contributed by atoms with Gasteiger partial charge in [-0.25, -0.2) is 9.07 Å². The zero-order valence-electron chi connectivity index (χ0n) is 14.0. The molecule has 0 spiro atoms. The van der Waals surface area contributed by atoms with E-state index in [2.05, 4.69) is 5.10 Å². The van der Waals surface area contributed by atoms with E-state index in [1.54, 1.807) is 16.8 Å². The van der Waals surface area contributed by atoms with Crippen LogP contribution in [0.3, 0.4) is 0 Å². The van der Waals surface area contributed by atoms with Crippen LogP contribution in [0.5, 0.6) is 0 Å². The van der Waals surface area contributed by atoms with Gasteiger partial charge in [0.15, 0.2) is 0 Å². The summed E-state index contributed by atoms with van der Waals surface area (Å²) < 4.78 is 14.8. The van der Waals surface area contributed by atoms with Crippen molar-refractivity contribution >= 4 is 5.91 Å². The maximum absolute atomic E-state index is 13.1. The molecule has 1 aliphatic rings. The van der Waals surface area contributed by atoms with Crippen LogP contribution in [0.4, 0.5) is 4.39 Å². The van der Waals surface area contributed by atoms with E-state index in [1.165, 1.54) is 12.1 Å². The minimum atomic E-state index is -0.289. The quantitative estimate of drug-likeness (QED) is 0.932. The van der Waals surface area contributed by atoms with Gasteiger partial charge in [0.05, 0.1) is 17.8 Å². The van der Waals surface area contributed by atoms with Crippen LogP contribution in [0.2, 0.25) is 0 Å². The fraction of sp³-hybridized carbons (Fsp3) is 0.444. The molecule has 2 aromatic rings. The lowest BCUT2D eigenvalue weighted by atomic mass is 10.1. The first-order chi connectivity index (χ1) is 11.5. The minimum absolute atomic E-state index is 0.0656. The molecule has 1 N–H and O–H groups in total. The third kappa shape index (κ3) is 3.19. The van der Waals surface area contributed by atoms with Crippen LogP contribution in [-0.4, -0.2) is 45.4 Å². The summed E-state index contributed by atoms with van der Waals surface area (Å²) in [6.07, 6.45) is 1.16. The molecule has 0 radical (unpaired) electrons. The fourth-order valence-corrected chi connectivity index (χ4v) is 3.24.